The third-order valence-electron chi connectivity index (χ3n) is 5.70. The van der Waals surface area contributed by atoms with Gasteiger partial charge in [0.15, 0.2) is 0 Å². The summed E-state index contributed by atoms with van der Waals surface area (Å²) in [6.07, 6.45) is 2.45. The minimum Gasteiger partial charge on any atom is -0.466 e. The zero-order valence-electron chi connectivity index (χ0n) is 14.7. The molecule has 3 aliphatic heterocycles. The van der Waals surface area contributed by atoms with Crippen molar-refractivity contribution in [3.63, 3.8) is 0 Å². The first kappa shape index (κ1) is 15.9. The Morgan fingerprint density at radius 3 is 2.77 bits per heavy atom. The SMILES string of the molecule is CC(=O)N1CCC2(CC1)Oc1ccccc1[C@H]1CC(c3cccs3)=NN12. The van der Waals surface area contributed by atoms with Gasteiger partial charge >= 0.3 is 0 Å². The smallest absolute Gasteiger partial charge is 0.219 e. The molecule has 1 aromatic heterocycles. The fourth-order valence-electron chi connectivity index (χ4n) is 4.32. The topological polar surface area (TPSA) is 45.1 Å². The van der Waals surface area contributed by atoms with Crippen LogP contribution >= 0.6 is 11.3 Å². The van der Waals surface area contributed by atoms with E-state index in [1.807, 2.05) is 11.0 Å². The summed E-state index contributed by atoms with van der Waals surface area (Å²) in [5.41, 5.74) is 1.89. The highest BCUT2D eigenvalue weighted by Gasteiger charge is 2.52. The molecule has 1 amide bonds. The van der Waals surface area contributed by atoms with Crippen LogP contribution in [0.2, 0.25) is 0 Å². The van der Waals surface area contributed by atoms with Gasteiger partial charge in [0.05, 0.1) is 16.6 Å². The number of hydrogen-bond donors (Lipinski definition) is 0. The Morgan fingerprint density at radius 2 is 2.04 bits per heavy atom. The van der Waals surface area contributed by atoms with Gasteiger partial charge in [0.25, 0.3) is 0 Å². The number of thiophene rings is 1. The van der Waals surface area contributed by atoms with Crippen LogP contribution in [0.3, 0.4) is 0 Å². The number of rotatable bonds is 1. The van der Waals surface area contributed by atoms with Crippen molar-refractivity contribution in [3.05, 3.63) is 52.2 Å². The lowest BCUT2D eigenvalue weighted by atomic mass is 9.91. The Hall–Kier alpha value is -2.34. The molecule has 4 heterocycles. The van der Waals surface area contributed by atoms with E-state index in [1.54, 1.807) is 18.3 Å². The fourth-order valence-corrected chi connectivity index (χ4v) is 5.04. The van der Waals surface area contributed by atoms with Crippen molar-refractivity contribution in [2.45, 2.75) is 38.0 Å². The monoisotopic (exact) mass is 367 g/mol. The van der Waals surface area contributed by atoms with E-state index in [0.717, 1.165) is 30.7 Å². The first-order valence-electron chi connectivity index (χ1n) is 9.10. The van der Waals surface area contributed by atoms with E-state index in [-0.39, 0.29) is 11.9 Å². The van der Waals surface area contributed by atoms with Crippen molar-refractivity contribution < 1.29 is 9.53 Å². The summed E-state index contributed by atoms with van der Waals surface area (Å²) in [5, 5.41) is 9.32. The molecule has 1 spiro atoms. The van der Waals surface area contributed by atoms with Crippen LogP contribution in [0.1, 0.15) is 42.7 Å². The second-order valence-electron chi connectivity index (χ2n) is 7.18. The van der Waals surface area contributed by atoms with Crippen LogP contribution in [0.5, 0.6) is 5.75 Å². The third kappa shape index (κ3) is 2.35. The van der Waals surface area contributed by atoms with Crippen LogP contribution < -0.4 is 4.74 Å². The molecule has 3 aliphatic rings. The standard InChI is InChI=1S/C20H21N3O2S/c1-14(24)22-10-8-20(9-11-22)23-17(15-5-2-3-6-18(15)25-20)13-16(21-23)19-7-4-12-26-19/h2-7,12,17H,8-11,13H2,1H3/t17-/m1/s1. The Balaban J connectivity index is 1.54. The van der Waals surface area contributed by atoms with Gasteiger partial charge in [-0.1, -0.05) is 24.3 Å². The minimum atomic E-state index is -0.454. The van der Waals surface area contributed by atoms with Gasteiger partial charge in [0, 0.05) is 44.8 Å². The predicted octanol–water partition coefficient (Wildman–Crippen LogP) is 3.63. The molecule has 6 heteroatoms. The summed E-state index contributed by atoms with van der Waals surface area (Å²) < 4.78 is 6.55. The number of likely N-dealkylation sites (tertiary alicyclic amines) is 1. The van der Waals surface area contributed by atoms with Crippen molar-refractivity contribution in [2.75, 3.05) is 13.1 Å². The number of piperidine rings is 1. The quantitative estimate of drug-likeness (QED) is 0.773. The van der Waals surface area contributed by atoms with Gasteiger partial charge in [-0.05, 0) is 17.5 Å². The number of benzene rings is 1. The maximum Gasteiger partial charge on any atom is 0.219 e. The third-order valence-corrected chi connectivity index (χ3v) is 6.62. The van der Waals surface area contributed by atoms with Crippen molar-refractivity contribution in [2.24, 2.45) is 5.10 Å². The molecule has 5 nitrogen and oxygen atoms in total. The van der Waals surface area contributed by atoms with E-state index in [4.69, 9.17) is 9.84 Å². The van der Waals surface area contributed by atoms with Crippen molar-refractivity contribution in [1.82, 2.24) is 9.91 Å². The van der Waals surface area contributed by atoms with Crippen LogP contribution in [-0.4, -0.2) is 40.3 Å². The largest absolute Gasteiger partial charge is 0.466 e. The van der Waals surface area contributed by atoms with Crippen LogP contribution in [0.15, 0.2) is 46.9 Å². The molecule has 1 aromatic carbocycles. The summed E-state index contributed by atoms with van der Waals surface area (Å²) in [4.78, 5) is 14.9. The number of fused-ring (bicyclic) bond motifs is 4. The summed E-state index contributed by atoms with van der Waals surface area (Å²) >= 11 is 1.74. The first-order chi connectivity index (χ1) is 12.7. The molecule has 2 aromatic rings. The molecule has 5 rings (SSSR count). The normalized spacial score (nSPS) is 23.3. The number of hydrogen-bond acceptors (Lipinski definition) is 5. The lowest BCUT2D eigenvalue weighted by Crippen LogP contribution is -2.59. The van der Waals surface area contributed by atoms with Gasteiger partial charge in [-0.15, -0.1) is 11.3 Å². The molecule has 0 bridgehead atoms. The molecule has 134 valence electrons. The average molecular weight is 367 g/mol. The number of para-hydroxylation sites is 1. The molecule has 1 saturated heterocycles. The number of carbonyl (C=O) groups is 1. The predicted molar refractivity (Wildman–Crippen MR) is 101 cm³/mol. The Bertz CT molecular complexity index is 869. The summed E-state index contributed by atoms with van der Waals surface area (Å²) in [5.74, 6) is 1.10. The maximum absolute atomic E-state index is 11.7. The Labute approximate surface area is 156 Å². The minimum absolute atomic E-state index is 0.136. The van der Waals surface area contributed by atoms with E-state index in [2.05, 4.69) is 40.7 Å². The lowest BCUT2D eigenvalue weighted by molar-refractivity contribution is -0.158. The molecular formula is C20H21N3O2S. The molecule has 1 atom stereocenters. The lowest BCUT2D eigenvalue weighted by Gasteiger charge is -2.51. The Kier molecular flexibility index (Phi) is 3.57. The van der Waals surface area contributed by atoms with Crippen LogP contribution in [-0.2, 0) is 4.79 Å². The van der Waals surface area contributed by atoms with Crippen molar-refractivity contribution >= 4 is 23.0 Å². The summed E-state index contributed by atoms with van der Waals surface area (Å²) in [6, 6.07) is 12.7. The second-order valence-corrected chi connectivity index (χ2v) is 8.13. The molecule has 0 N–H and O–H groups in total. The van der Waals surface area contributed by atoms with Crippen LogP contribution in [0.25, 0.3) is 0 Å². The molecule has 26 heavy (non-hydrogen) atoms. The molecule has 0 aliphatic carbocycles. The highest BCUT2D eigenvalue weighted by Crippen LogP contribution is 2.50. The number of amides is 1. The molecule has 0 saturated carbocycles. The summed E-state index contributed by atoms with van der Waals surface area (Å²) in [7, 11) is 0. The van der Waals surface area contributed by atoms with E-state index in [1.165, 1.54) is 10.4 Å². The van der Waals surface area contributed by atoms with E-state index >= 15 is 0 Å². The first-order valence-corrected chi connectivity index (χ1v) is 9.98. The Morgan fingerprint density at radius 1 is 1.23 bits per heavy atom. The highest BCUT2D eigenvalue weighted by atomic mass is 32.1. The van der Waals surface area contributed by atoms with Crippen molar-refractivity contribution in [1.29, 1.82) is 0 Å². The van der Waals surface area contributed by atoms with Gasteiger partial charge in [-0.25, -0.2) is 5.01 Å². The van der Waals surface area contributed by atoms with Crippen molar-refractivity contribution in [3.8, 4) is 5.75 Å². The van der Waals surface area contributed by atoms with Gasteiger partial charge in [0.1, 0.15) is 5.75 Å². The average Bonchev–Trinajstić information content (AvgIpc) is 3.32. The fraction of sp³-hybridized carbons (Fsp3) is 0.400. The highest BCUT2D eigenvalue weighted by molar-refractivity contribution is 7.12. The molecular weight excluding hydrogens is 346 g/mol. The van der Waals surface area contributed by atoms with E-state index in [0.29, 0.717) is 13.1 Å². The van der Waals surface area contributed by atoms with E-state index in [9.17, 15) is 4.79 Å². The number of ether oxygens (including phenoxy) is 1. The van der Waals surface area contributed by atoms with Gasteiger partial charge in [0.2, 0.25) is 11.6 Å². The van der Waals surface area contributed by atoms with Gasteiger partial charge in [-0.2, -0.15) is 5.10 Å². The number of hydrazone groups is 1. The van der Waals surface area contributed by atoms with Crippen LogP contribution in [0, 0.1) is 0 Å². The number of nitrogens with zero attached hydrogens (tertiary/aromatic N) is 3. The zero-order chi connectivity index (χ0) is 17.7. The second kappa shape index (κ2) is 5.84. The zero-order valence-corrected chi connectivity index (χ0v) is 15.5. The molecule has 0 radical (unpaired) electrons. The molecule has 1 fully saturated rings. The maximum atomic E-state index is 11.7. The van der Waals surface area contributed by atoms with Gasteiger partial charge < -0.3 is 9.64 Å². The van der Waals surface area contributed by atoms with Crippen LogP contribution in [0.4, 0.5) is 0 Å². The van der Waals surface area contributed by atoms with E-state index < -0.39 is 5.72 Å². The molecule has 0 unspecified atom stereocenters. The van der Waals surface area contributed by atoms with Gasteiger partial charge in [-0.3, -0.25) is 4.79 Å². The number of carbonyl (C=O) groups excluding carboxylic acids is 1. The summed E-state index contributed by atoms with van der Waals surface area (Å²) in [6.45, 7) is 3.07.